The van der Waals surface area contributed by atoms with Crippen LogP contribution in [0.25, 0.3) is 0 Å². The molecule has 0 aliphatic heterocycles. The highest BCUT2D eigenvalue weighted by Gasteiger charge is 2.06. The molecule has 5 heteroatoms. The summed E-state index contributed by atoms with van der Waals surface area (Å²) in [7, 11) is 4.15. The molecule has 1 heterocycles. The molecule has 0 radical (unpaired) electrons. The largest absolute Gasteiger partial charge is 0.354 e. The summed E-state index contributed by atoms with van der Waals surface area (Å²) in [6, 6.07) is 6.25. The summed E-state index contributed by atoms with van der Waals surface area (Å²) in [6.45, 7) is 8.26. The second kappa shape index (κ2) is 7.92. The van der Waals surface area contributed by atoms with Crippen molar-refractivity contribution in [2.45, 2.75) is 27.2 Å². The van der Waals surface area contributed by atoms with Crippen LogP contribution in [0.15, 0.2) is 24.4 Å². The van der Waals surface area contributed by atoms with Gasteiger partial charge >= 0.3 is 0 Å². The third kappa shape index (κ3) is 5.21. The van der Waals surface area contributed by atoms with Gasteiger partial charge in [-0.3, -0.25) is 0 Å². The van der Waals surface area contributed by atoms with Crippen molar-refractivity contribution in [3.05, 3.63) is 41.1 Å². The molecule has 0 saturated heterocycles. The van der Waals surface area contributed by atoms with Crippen LogP contribution in [0.3, 0.4) is 0 Å². The van der Waals surface area contributed by atoms with E-state index >= 15 is 0 Å². The fourth-order valence-corrected chi connectivity index (χ4v) is 2.61. The first-order chi connectivity index (χ1) is 11.0. The van der Waals surface area contributed by atoms with E-state index in [1.165, 1.54) is 16.7 Å². The van der Waals surface area contributed by atoms with Crippen LogP contribution in [-0.4, -0.2) is 42.1 Å². The van der Waals surface area contributed by atoms with Crippen molar-refractivity contribution in [3.8, 4) is 0 Å². The van der Waals surface area contributed by atoms with E-state index in [2.05, 4.69) is 72.5 Å². The van der Waals surface area contributed by atoms with Crippen LogP contribution in [0.1, 0.15) is 23.1 Å². The Morgan fingerprint density at radius 1 is 1.09 bits per heavy atom. The van der Waals surface area contributed by atoms with Gasteiger partial charge in [0.25, 0.3) is 0 Å². The molecule has 0 unspecified atom stereocenters. The quantitative estimate of drug-likeness (QED) is 0.766. The lowest BCUT2D eigenvalue weighted by Crippen LogP contribution is -2.17. The summed E-state index contributed by atoms with van der Waals surface area (Å²) in [5, 5.41) is 6.69. The lowest BCUT2D eigenvalue weighted by atomic mass is 10.1. The fourth-order valence-electron chi connectivity index (χ4n) is 2.61. The van der Waals surface area contributed by atoms with Gasteiger partial charge in [-0.15, -0.1) is 0 Å². The van der Waals surface area contributed by atoms with Crippen molar-refractivity contribution in [2.24, 2.45) is 0 Å². The summed E-state index contributed by atoms with van der Waals surface area (Å²) >= 11 is 0. The van der Waals surface area contributed by atoms with Gasteiger partial charge in [-0.1, -0.05) is 17.7 Å². The molecule has 124 valence electrons. The predicted octanol–water partition coefficient (Wildman–Crippen LogP) is 3.51. The summed E-state index contributed by atoms with van der Waals surface area (Å²) in [5.74, 6) is 1.47. The zero-order chi connectivity index (χ0) is 16.8. The maximum absolute atomic E-state index is 4.54. The third-order valence-corrected chi connectivity index (χ3v) is 3.65. The molecule has 0 amide bonds. The SMILES string of the molecule is Cc1cc(C)c(Nc2ccnc(NCCCN(C)C)n2)c(C)c1. The highest BCUT2D eigenvalue weighted by molar-refractivity contribution is 5.65. The predicted molar refractivity (Wildman–Crippen MR) is 97.6 cm³/mol. The maximum atomic E-state index is 4.54. The highest BCUT2D eigenvalue weighted by Crippen LogP contribution is 2.25. The van der Waals surface area contributed by atoms with Crippen molar-refractivity contribution in [3.63, 3.8) is 0 Å². The number of anilines is 3. The average molecular weight is 313 g/mol. The first-order valence-electron chi connectivity index (χ1n) is 8.02. The first kappa shape index (κ1) is 17.2. The number of nitrogens with zero attached hydrogens (tertiary/aromatic N) is 3. The molecule has 0 aliphatic carbocycles. The van der Waals surface area contributed by atoms with E-state index in [0.717, 1.165) is 31.0 Å². The average Bonchev–Trinajstić information content (AvgIpc) is 2.48. The lowest BCUT2D eigenvalue weighted by molar-refractivity contribution is 0.405. The number of rotatable bonds is 7. The minimum absolute atomic E-state index is 0.663. The monoisotopic (exact) mass is 313 g/mol. The molecule has 2 aromatic rings. The van der Waals surface area contributed by atoms with E-state index in [4.69, 9.17) is 0 Å². The van der Waals surface area contributed by atoms with Crippen LogP contribution >= 0.6 is 0 Å². The van der Waals surface area contributed by atoms with Gasteiger partial charge < -0.3 is 15.5 Å². The standard InChI is InChI=1S/C18H27N5/c1-13-11-14(2)17(15(3)12-13)21-16-7-9-20-18(22-16)19-8-6-10-23(4)5/h7,9,11-12H,6,8,10H2,1-5H3,(H2,19,20,21,22). The number of aromatic nitrogens is 2. The van der Waals surface area contributed by atoms with Gasteiger partial charge in [-0.2, -0.15) is 4.98 Å². The number of hydrogen-bond donors (Lipinski definition) is 2. The molecule has 5 nitrogen and oxygen atoms in total. The fraction of sp³-hybridized carbons (Fsp3) is 0.444. The molecule has 1 aromatic carbocycles. The van der Waals surface area contributed by atoms with Crippen LogP contribution in [0.4, 0.5) is 17.5 Å². The smallest absolute Gasteiger partial charge is 0.224 e. The summed E-state index contributed by atoms with van der Waals surface area (Å²) in [6.07, 6.45) is 2.84. The van der Waals surface area contributed by atoms with E-state index < -0.39 is 0 Å². The highest BCUT2D eigenvalue weighted by atomic mass is 15.1. The maximum Gasteiger partial charge on any atom is 0.224 e. The van der Waals surface area contributed by atoms with Gasteiger partial charge in [0.15, 0.2) is 0 Å². The summed E-state index contributed by atoms with van der Waals surface area (Å²) in [5.41, 5.74) is 4.84. The van der Waals surface area contributed by atoms with Crippen LogP contribution in [-0.2, 0) is 0 Å². The molecule has 1 aromatic heterocycles. The second-order valence-electron chi connectivity index (χ2n) is 6.25. The molecule has 0 spiro atoms. The van der Waals surface area contributed by atoms with E-state index in [1.807, 2.05) is 6.07 Å². The van der Waals surface area contributed by atoms with E-state index in [1.54, 1.807) is 6.20 Å². The van der Waals surface area contributed by atoms with E-state index in [0.29, 0.717) is 5.95 Å². The van der Waals surface area contributed by atoms with Crippen LogP contribution in [0.5, 0.6) is 0 Å². The molecule has 0 aliphatic rings. The number of aryl methyl sites for hydroxylation is 3. The molecule has 0 saturated carbocycles. The van der Waals surface area contributed by atoms with Gasteiger partial charge in [0, 0.05) is 18.4 Å². The van der Waals surface area contributed by atoms with Gasteiger partial charge in [0.2, 0.25) is 5.95 Å². The Labute approximate surface area is 139 Å². The normalized spacial score (nSPS) is 10.9. The first-order valence-corrected chi connectivity index (χ1v) is 8.02. The molecule has 0 fully saturated rings. The Morgan fingerprint density at radius 2 is 1.78 bits per heavy atom. The van der Waals surface area contributed by atoms with Crippen molar-refractivity contribution < 1.29 is 0 Å². The Hall–Kier alpha value is -2.14. The molecular formula is C18H27N5. The molecular weight excluding hydrogens is 286 g/mol. The molecule has 23 heavy (non-hydrogen) atoms. The third-order valence-electron chi connectivity index (χ3n) is 3.65. The van der Waals surface area contributed by atoms with Crippen LogP contribution in [0.2, 0.25) is 0 Å². The Kier molecular flexibility index (Phi) is 5.93. The van der Waals surface area contributed by atoms with Gasteiger partial charge in [0.05, 0.1) is 0 Å². The zero-order valence-corrected chi connectivity index (χ0v) is 14.8. The van der Waals surface area contributed by atoms with Gasteiger partial charge in [0.1, 0.15) is 5.82 Å². The Balaban J connectivity index is 2.03. The summed E-state index contributed by atoms with van der Waals surface area (Å²) in [4.78, 5) is 11.0. The minimum atomic E-state index is 0.663. The molecule has 0 bridgehead atoms. The Morgan fingerprint density at radius 3 is 2.43 bits per heavy atom. The number of nitrogens with one attached hydrogen (secondary N) is 2. The van der Waals surface area contributed by atoms with Crippen molar-refractivity contribution in [1.29, 1.82) is 0 Å². The van der Waals surface area contributed by atoms with Crippen LogP contribution < -0.4 is 10.6 Å². The molecule has 0 atom stereocenters. The van der Waals surface area contributed by atoms with Crippen molar-refractivity contribution in [2.75, 3.05) is 37.8 Å². The van der Waals surface area contributed by atoms with Gasteiger partial charge in [-0.25, -0.2) is 4.98 Å². The van der Waals surface area contributed by atoms with E-state index in [9.17, 15) is 0 Å². The molecule has 2 N–H and O–H groups in total. The van der Waals surface area contributed by atoms with E-state index in [-0.39, 0.29) is 0 Å². The topological polar surface area (TPSA) is 53.1 Å². The van der Waals surface area contributed by atoms with Crippen molar-refractivity contribution in [1.82, 2.24) is 14.9 Å². The zero-order valence-electron chi connectivity index (χ0n) is 14.8. The second-order valence-corrected chi connectivity index (χ2v) is 6.25. The Bertz CT molecular complexity index is 629. The number of benzene rings is 1. The van der Waals surface area contributed by atoms with Crippen molar-refractivity contribution >= 4 is 17.5 Å². The van der Waals surface area contributed by atoms with Crippen LogP contribution in [0, 0.1) is 20.8 Å². The lowest BCUT2D eigenvalue weighted by Gasteiger charge is -2.14. The number of hydrogen-bond acceptors (Lipinski definition) is 5. The minimum Gasteiger partial charge on any atom is -0.354 e. The summed E-state index contributed by atoms with van der Waals surface area (Å²) < 4.78 is 0. The van der Waals surface area contributed by atoms with Gasteiger partial charge in [-0.05, 0) is 65.0 Å². The molecule has 2 rings (SSSR count).